The van der Waals surface area contributed by atoms with Crippen LogP contribution in [0, 0.1) is 0 Å². The van der Waals surface area contributed by atoms with Crippen molar-refractivity contribution >= 4 is 5.78 Å². The Balaban J connectivity index is 1.33. The number of aliphatic hydroxyl groups excluding tert-OH is 1. The second kappa shape index (κ2) is 10.9. The van der Waals surface area contributed by atoms with Crippen LogP contribution in [0.5, 0.6) is 0 Å². The summed E-state index contributed by atoms with van der Waals surface area (Å²) >= 11 is 0. The molecule has 0 saturated carbocycles. The molecule has 178 valence electrons. The van der Waals surface area contributed by atoms with E-state index in [-0.39, 0.29) is 5.78 Å². The minimum Gasteiger partial charge on any atom is -0.388 e. The summed E-state index contributed by atoms with van der Waals surface area (Å²) in [7, 11) is 0. The summed E-state index contributed by atoms with van der Waals surface area (Å²) in [5, 5.41) is 9.02. The highest BCUT2D eigenvalue weighted by Gasteiger charge is 2.29. The van der Waals surface area contributed by atoms with Crippen LogP contribution in [-0.2, 0) is 19.6 Å². The van der Waals surface area contributed by atoms with Crippen molar-refractivity contribution in [3.05, 3.63) is 70.8 Å². The molecule has 2 aromatic rings. The van der Waals surface area contributed by atoms with E-state index in [0.717, 1.165) is 39.3 Å². The first-order valence-electron chi connectivity index (χ1n) is 12.1. The van der Waals surface area contributed by atoms with Crippen molar-refractivity contribution in [3.8, 4) is 0 Å². The van der Waals surface area contributed by atoms with Gasteiger partial charge in [-0.05, 0) is 37.0 Å². The Labute approximate surface area is 196 Å². The number of ketones is 1. The van der Waals surface area contributed by atoms with E-state index in [0.29, 0.717) is 30.6 Å². The molecule has 3 atom stereocenters. The number of nitrogens with zero attached hydrogens (tertiary/aromatic N) is 3. The Hall–Kier alpha value is -2.12. The summed E-state index contributed by atoms with van der Waals surface area (Å²) < 4.78 is 13.5. The summed E-state index contributed by atoms with van der Waals surface area (Å²) in [4.78, 5) is 18.9. The van der Waals surface area contributed by atoms with Gasteiger partial charge in [-0.2, -0.15) is 0 Å². The van der Waals surface area contributed by atoms with Crippen LogP contribution in [-0.4, -0.2) is 76.6 Å². The van der Waals surface area contributed by atoms with Crippen molar-refractivity contribution in [3.63, 3.8) is 0 Å². The van der Waals surface area contributed by atoms with E-state index in [2.05, 4.69) is 52.8 Å². The molecule has 0 bridgehead atoms. The van der Waals surface area contributed by atoms with Gasteiger partial charge >= 0.3 is 0 Å². The zero-order chi connectivity index (χ0) is 23.4. The second-order valence-corrected chi connectivity index (χ2v) is 9.78. The number of benzene rings is 2. The van der Waals surface area contributed by atoms with Crippen LogP contribution in [0.3, 0.4) is 0 Å². The largest absolute Gasteiger partial charge is 0.388 e. The average Bonchev–Trinajstić information content (AvgIpc) is 3.21. The first-order valence-corrected chi connectivity index (χ1v) is 12.1. The first-order chi connectivity index (χ1) is 15.9. The summed E-state index contributed by atoms with van der Waals surface area (Å²) in [6.07, 6.45) is -0.0173. The molecule has 33 heavy (non-hydrogen) atoms. The van der Waals surface area contributed by atoms with Gasteiger partial charge in [-0.15, -0.1) is 0 Å². The average molecular weight is 454 g/mol. The maximum absolute atomic E-state index is 13.5. The van der Waals surface area contributed by atoms with Crippen LogP contribution in [0.2, 0.25) is 0 Å². The van der Waals surface area contributed by atoms with E-state index < -0.39 is 12.8 Å². The fourth-order valence-electron chi connectivity index (χ4n) is 5.28. The number of alkyl halides is 1. The maximum atomic E-state index is 13.5. The van der Waals surface area contributed by atoms with E-state index in [1.54, 1.807) is 12.1 Å². The van der Waals surface area contributed by atoms with Crippen molar-refractivity contribution in [1.29, 1.82) is 0 Å². The van der Waals surface area contributed by atoms with E-state index in [4.69, 9.17) is 5.11 Å². The lowest BCUT2D eigenvalue weighted by Gasteiger charge is -2.44. The van der Waals surface area contributed by atoms with Crippen LogP contribution in [0.4, 0.5) is 4.39 Å². The standard InChI is InChI=1S/C27H36FN3O2/c1-20-13-30(15-22-6-8-25(9-7-22)27(33)19-32)14-21(2)31(20)17-24-5-3-4-23(12-24)16-29-11-10-26(28)18-29/h3-9,12,20-21,26,32H,10-11,13-19H2,1-2H3/t20-,21+,26-/m1/s1. The lowest BCUT2D eigenvalue weighted by atomic mass is 10.0. The number of hydrogen-bond acceptors (Lipinski definition) is 5. The van der Waals surface area contributed by atoms with Crippen LogP contribution < -0.4 is 0 Å². The zero-order valence-corrected chi connectivity index (χ0v) is 19.8. The molecular weight excluding hydrogens is 417 g/mol. The van der Waals surface area contributed by atoms with Gasteiger partial charge in [0.05, 0.1) is 0 Å². The molecule has 0 aliphatic carbocycles. The highest BCUT2D eigenvalue weighted by molar-refractivity contribution is 5.96. The van der Waals surface area contributed by atoms with Crippen molar-refractivity contribution in [2.45, 2.75) is 58.2 Å². The minimum atomic E-state index is -0.674. The third-order valence-electron chi connectivity index (χ3n) is 6.98. The number of hydrogen-bond donors (Lipinski definition) is 1. The Morgan fingerprint density at radius 2 is 1.55 bits per heavy atom. The normalized spacial score (nSPS) is 24.9. The number of halogens is 1. The number of Topliss-reactive ketones (excluding diaryl/α,β-unsaturated/α-hetero) is 1. The van der Waals surface area contributed by atoms with E-state index in [1.165, 1.54) is 16.7 Å². The fourth-order valence-corrected chi connectivity index (χ4v) is 5.28. The number of carbonyl (C=O) groups is 1. The minimum absolute atomic E-state index is 0.242. The second-order valence-electron chi connectivity index (χ2n) is 9.78. The number of carbonyl (C=O) groups excluding carboxylic acids is 1. The molecule has 6 heteroatoms. The van der Waals surface area contributed by atoms with Gasteiger partial charge in [0.1, 0.15) is 12.8 Å². The predicted molar refractivity (Wildman–Crippen MR) is 129 cm³/mol. The third-order valence-corrected chi connectivity index (χ3v) is 6.98. The zero-order valence-electron chi connectivity index (χ0n) is 19.8. The summed E-state index contributed by atoms with van der Waals surface area (Å²) in [6.45, 7) is 10.1. The molecule has 2 aromatic carbocycles. The molecule has 2 fully saturated rings. The third kappa shape index (κ3) is 6.27. The topological polar surface area (TPSA) is 47.0 Å². The Morgan fingerprint density at radius 3 is 2.15 bits per heavy atom. The molecule has 2 aliphatic heterocycles. The van der Waals surface area contributed by atoms with Gasteiger partial charge in [0.25, 0.3) is 0 Å². The van der Waals surface area contributed by atoms with Gasteiger partial charge in [-0.1, -0.05) is 48.5 Å². The molecule has 0 unspecified atom stereocenters. The van der Waals surface area contributed by atoms with Crippen molar-refractivity contribution in [1.82, 2.24) is 14.7 Å². The quantitative estimate of drug-likeness (QED) is 0.620. The highest BCUT2D eigenvalue weighted by atomic mass is 19.1. The molecule has 4 rings (SSSR count). The summed E-state index contributed by atoms with van der Waals surface area (Å²) in [5.41, 5.74) is 4.33. The number of aliphatic hydroxyl groups is 1. The van der Waals surface area contributed by atoms with Gasteiger partial charge in [0.15, 0.2) is 5.78 Å². The molecule has 0 amide bonds. The Morgan fingerprint density at radius 1 is 0.909 bits per heavy atom. The molecule has 0 aromatic heterocycles. The van der Waals surface area contributed by atoms with Crippen LogP contribution in [0.15, 0.2) is 48.5 Å². The molecular formula is C27H36FN3O2. The Kier molecular flexibility index (Phi) is 7.91. The molecule has 5 nitrogen and oxygen atoms in total. The van der Waals surface area contributed by atoms with E-state index in [9.17, 15) is 9.18 Å². The van der Waals surface area contributed by atoms with Crippen LogP contribution in [0.1, 0.15) is 47.3 Å². The molecule has 2 saturated heterocycles. The van der Waals surface area contributed by atoms with Crippen molar-refractivity contribution in [2.24, 2.45) is 0 Å². The number of piperazine rings is 1. The number of likely N-dealkylation sites (tertiary alicyclic amines) is 1. The van der Waals surface area contributed by atoms with Gasteiger partial charge < -0.3 is 5.11 Å². The molecule has 2 aliphatic rings. The van der Waals surface area contributed by atoms with Gasteiger partial charge in [0.2, 0.25) is 0 Å². The fraction of sp³-hybridized carbons (Fsp3) is 0.519. The highest BCUT2D eigenvalue weighted by Crippen LogP contribution is 2.22. The monoisotopic (exact) mass is 453 g/mol. The summed E-state index contributed by atoms with van der Waals surface area (Å²) in [6, 6.07) is 17.2. The van der Waals surface area contributed by atoms with Crippen LogP contribution >= 0.6 is 0 Å². The smallest absolute Gasteiger partial charge is 0.188 e. The first kappa shape index (κ1) is 24.0. The molecule has 2 heterocycles. The van der Waals surface area contributed by atoms with E-state index in [1.807, 2.05) is 12.1 Å². The van der Waals surface area contributed by atoms with Crippen molar-refractivity contribution < 1.29 is 14.3 Å². The van der Waals surface area contributed by atoms with Crippen LogP contribution in [0.25, 0.3) is 0 Å². The van der Waals surface area contributed by atoms with Gasteiger partial charge in [-0.25, -0.2) is 4.39 Å². The molecule has 1 N–H and O–H groups in total. The Bertz CT molecular complexity index is 923. The number of rotatable bonds is 8. The van der Waals surface area contributed by atoms with Gasteiger partial charge in [-0.3, -0.25) is 19.5 Å². The predicted octanol–water partition coefficient (Wildman–Crippen LogP) is 3.50. The molecule has 0 spiro atoms. The molecule has 0 radical (unpaired) electrons. The maximum Gasteiger partial charge on any atom is 0.188 e. The van der Waals surface area contributed by atoms with Crippen molar-refractivity contribution in [2.75, 3.05) is 32.8 Å². The summed E-state index contributed by atoms with van der Waals surface area (Å²) in [5.74, 6) is -0.242. The van der Waals surface area contributed by atoms with Gasteiger partial charge in [0, 0.05) is 63.5 Å². The SMILES string of the molecule is C[C@@H]1CN(Cc2ccc(C(=O)CO)cc2)C[C@H](C)N1Cc1cccc(CN2CC[C@@H](F)C2)c1. The lowest BCUT2D eigenvalue weighted by molar-refractivity contribution is 0.0290. The lowest BCUT2D eigenvalue weighted by Crippen LogP contribution is -2.55. The van der Waals surface area contributed by atoms with E-state index >= 15 is 0 Å².